The third-order valence-corrected chi connectivity index (χ3v) is 4.37. The molecule has 0 radical (unpaired) electrons. The highest BCUT2D eigenvalue weighted by molar-refractivity contribution is 5.94. The summed E-state index contributed by atoms with van der Waals surface area (Å²) in [7, 11) is 1.36. The van der Waals surface area contributed by atoms with E-state index in [-0.39, 0.29) is 0 Å². The van der Waals surface area contributed by atoms with Crippen molar-refractivity contribution in [2.75, 3.05) is 12.4 Å². The molecule has 4 aromatic rings. The fraction of sp³-hybridized carbons (Fsp3) is 0.158. The van der Waals surface area contributed by atoms with Crippen LogP contribution in [-0.2, 0) is 11.3 Å². The van der Waals surface area contributed by atoms with Crippen molar-refractivity contribution in [3.8, 4) is 0 Å². The van der Waals surface area contributed by atoms with E-state index >= 15 is 0 Å². The zero-order chi connectivity index (χ0) is 17.4. The molecule has 0 atom stereocenters. The number of nitrogens with zero attached hydrogens (tertiary/aromatic N) is 1. The van der Waals surface area contributed by atoms with Gasteiger partial charge in [0.1, 0.15) is 11.3 Å². The van der Waals surface area contributed by atoms with Crippen molar-refractivity contribution >= 4 is 33.6 Å². The van der Waals surface area contributed by atoms with Crippen LogP contribution in [-0.4, -0.2) is 28.0 Å². The average molecular weight is 334 g/mol. The van der Waals surface area contributed by atoms with Crippen LogP contribution in [0.2, 0.25) is 0 Å². The maximum atomic E-state index is 11.6. The normalized spacial score (nSPS) is 11.1. The van der Waals surface area contributed by atoms with Crippen LogP contribution in [0, 0.1) is 6.92 Å². The number of fused-ring (bicyclic) bond motifs is 2. The number of benzene rings is 1. The minimum Gasteiger partial charge on any atom is -0.464 e. The standard InChI is InChI=1S/C19H18N4O2/c1-11-5-16-12(3-4-20-16)6-14(11)9-21-15-7-13-8-17(19(24)25-2)23-18(13)22-10-15/h3-8,10,20-21H,9H2,1-2H3,(H,22,23). The maximum absolute atomic E-state index is 11.6. The van der Waals surface area contributed by atoms with Gasteiger partial charge in [0.25, 0.3) is 0 Å². The summed E-state index contributed by atoms with van der Waals surface area (Å²) in [6, 6.07) is 10.1. The lowest BCUT2D eigenvalue weighted by Crippen LogP contribution is -2.01. The number of aromatic nitrogens is 3. The predicted molar refractivity (Wildman–Crippen MR) is 97.8 cm³/mol. The van der Waals surface area contributed by atoms with Crippen molar-refractivity contribution in [1.82, 2.24) is 15.0 Å². The van der Waals surface area contributed by atoms with Crippen LogP contribution < -0.4 is 5.32 Å². The van der Waals surface area contributed by atoms with Gasteiger partial charge in [-0.3, -0.25) is 0 Å². The minimum atomic E-state index is -0.400. The Bertz CT molecular complexity index is 1080. The molecule has 0 spiro atoms. The second-order valence-electron chi connectivity index (χ2n) is 6.03. The van der Waals surface area contributed by atoms with E-state index in [0.29, 0.717) is 17.9 Å². The molecule has 0 aliphatic rings. The van der Waals surface area contributed by atoms with Crippen molar-refractivity contribution in [2.24, 2.45) is 0 Å². The van der Waals surface area contributed by atoms with Crippen molar-refractivity contribution in [2.45, 2.75) is 13.5 Å². The van der Waals surface area contributed by atoms with Gasteiger partial charge in [-0.1, -0.05) is 0 Å². The summed E-state index contributed by atoms with van der Waals surface area (Å²) in [6.07, 6.45) is 3.70. The fourth-order valence-corrected chi connectivity index (χ4v) is 2.98. The molecule has 0 saturated carbocycles. The number of ether oxygens (including phenoxy) is 1. The van der Waals surface area contributed by atoms with E-state index < -0.39 is 5.97 Å². The number of rotatable bonds is 4. The van der Waals surface area contributed by atoms with Gasteiger partial charge in [0.05, 0.1) is 19.0 Å². The highest BCUT2D eigenvalue weighted by atomic mass is 16.5. The third kappa shape index (κ3) is 2.82. The first-order valence-electron chi connectivity index (χ1n) is 8.01. The number of carbonyl (C=O) groups excluding carboxylic acids is 1. The van der Waals surface area contributed by atoms with Gasteiger partial charge in [0, 0.05) is 23.6 Å². The topological polar surface area (TPSA) is 82.8 Å². The lowest BCUT2D eigenvalue weighted by molar-refractivity contribution is 0.0595. The molecule has 3 aromatic heterocycles. The van der Waals surface area contributed by atoms with Gasteiger partial charge < -0.3 is 20.0 Å². The monoisotopic (exact) mass is 334 g/mol. The van der Waals surface area contributed by atoms with E-state index in [1.54, 1.807) is 12.3 Å². The fourth-order valence-electron chi connectivity index (χ4n) is 2.98. The Labute approximate surface area is 144 Å². The molecule has 0 fully saturated rings. The first kappa shape index (κ1) is 15.3. The molecule has 0 bridgehead atoms. The van der Waals surface area contributed by atoms with Crippen molar-refractivity contribution in [3.63, 3.8) is 0 Å². The number of esters is 1. The van der Waals surface area contributed by atoms with Crippen LogP contribution in [0.15, 0.2) is 42.7 Å². The summed E-state index contributed by atoms with van der Waals surface area (Å²) in [5, 5.41) is 5.46. The van der Waals surface area contributed by atoms with E-state index in [1.807, 2.05) is 12.3 Å². The summed E-state index contributed by atoms with van der Waals surface area (Å²) in [6.45, 7) is 2.81. The van der Waals surface area contributed by atoms with Crippen molar-refractivity contribution in [3.05, 3.63) is 59.5 Å². The molecule has 0 aliphatic heterocycles. The highest BCUT2D eigenvalue weighted by Gasteiger charge is 2.10. The smallest absolute Gasteiger partial charge is 0.354 e. The Morgan fingerprint density at radius 2 is 2.12 bits per heavy atom. The van der Waals surface area contributed by atoms with E-state index in [9.17, 15) is 4.79 Å². The van der Waals surface area contributed by atoms with Crippen molar-refractivity contribution in [1.29, 1.82) is 0 Å². The molecule has 0 amide bonds. The van der Waals surface area contributed by atoms with Gasteiger partial charge in [-0.05, 0) is 53.8 Å². The number of hydrogen-bond donors (Lipinski definition) is 3. The average Bonchev–Trinajstić information content (AvgIpc) is 3.24. The Hall–Kier alpha value is -3.28. The van der Waals surface area contributed by atoms with Gasteiger partial charge in [0.15, 0.2) is 0 Å². The molecular formula is C19H18N4O2. The van der Waals surface area contributed by atoms with E-state index in [0.717, 1.165) is 16.6 Å². The molecule has 1 aromatic carbocycles. The Balaban J connectivity index is 1.57. The largest absolute Gasteiger partial charge is 0.464 e. The number of nitrogens with one attached hydrogen (secondary N) is 3. The quantitative estimate of drug-likeness (QED) is 0.496. The van der Waals surface area contributed by atoms with Crippen LogP contribution >= 0.6 is 0 Å². The number of anilines is 1. The zero-order valence-corrected chi connectivity index (χ0v) is 14.0. The summed E-state index contributed by atoms with van der Waals surface area (Å²) < 4.78 is 4.73. The van der Waals surface area contributed by atoms with Gasteiger partial charge >= 0.3 is 5.97 Å². The van der Waals surface area contributed by atoms with E-state index in [1.165, 1.54) is 23.6 Å². The molecule has 0 saturated heterocycles. The van der Waals surface area contributed by atoms with Crippen molar-refractivity contribution < 1.29 is 9.53 Å². The summed E-state index contributed by atoms with van der Waals surface area (Å²) >= 11 is 0. The molecule has 6 heteroatoms. The first-order valence-corrected chi connectivity index (χ1v) is 8.01. The van der Waals surface area contributed by atoms with Crippen LogP contribution in [0.1, 0.15) is 21.6 Å². The van der Waals surface area contributed by atoms with Crippen LogP contribution in [0.5, 0.6) is 0 Å². The summed E-state index contributed by atoms with van der Waals surface area (Å²) in [5.41, 5.74) is 5.57. The molecule has 6 nitrogen and oxygen atoms in total. The number of hydrogen-bond acceptors (Lipinski definition) is 4. The van der Waals surface area contributed by atoms with Gasteiger partial charge in [-0.2, -0.15) is 0 Å². The molecule has 3 heterocycles. The predicted octanol–water partition coefficient (Wildman–Crippen LogP) is 3.75. The SMILES string of the molecule is COC(=O)c1cc2cc(NCc3cc4cc[nH]c4cc3C)cnc2[nH]1. The van der Waals surface area contributed by atoms with Crippen LogP contribution in [0.25, 0.3) is 21.9 Å². The van der Waals surface area contributed by atoms with E-state index in [2.05, 4.69) is 45.4 Å². The molecule has 3 N–H and O–H groups in total. The third-order valence-electron chi connectivity index (χ3n) is 4.37. The number of aromatic amines is 2. The molecule has 0 unspecified atom stereocenters. The summed E-state index contributed by atoms with van der Waals surface area (Å²) in [4.78, 5) is 22.1. The second kappa shape index (κ2) is 5.98. The lowest BCUT2D eigenvalue weighted by atomic mass is 10.1. The maximum Gasteiger partial charge on any atom is 0.354 e. The first-order chi connectivity index (χ1) is 12.1. The lowest BCUT2D eigenvalue weighted by Gasteiger charge is -2.09. The number of pyridine rings is 1. The van der Waals surface area contributed by atoms with Crippen LogP contribution in [0.3, 0.4) is 0 Å². The summed E-state index contributed by atoms with van der Waals surface area (Å²) in [5.74, 6) is -0.400. The van der Waals surface area contributed by atoms with E-state index in [4.69, 9.17) is 4.74 Å². The number of methoxy groups -OCH3 is 1. The Morgan fingerprint density at radius 1 is 1.24 bits per heavy atom. The van der Waals surface area contributed by atoms with Gasteiger partial charge in [0.2, 0.25) is 0 Å². The molecule has 126 valence electrons. The Kier molecular flexibility index (Phi) is 3.65. The highest BCUT2D eigenvalue weighted by Crippen LogP contribution is 2.22. The van der Waals surface area contributed by atoms with Gasteiger partial charge in [-0.25, -0.2) is 9.78 Å². The number of H-pyrrole nitrogens is 2. The second-order valence-corrected chi connectivity index (χ2v) is 6.03. The number of carbonyl (C=O) groups is 1. The van der Waals surface area contributed by atoms with Crippen LogP contribution in [0.4, 0.5) is 5.69 Å². The molecule has 25 heavy (non-hydrogen) atoms. The number of aryl methyl sites for hydroxylation is 1. The molecule has 4 rings (SSSR count). The van der Waals surface area contributed by atoms with Gasteiger partial charge in [-0.15, -0.1) is 0 Å². The Morgan fingerprint density at radius 3 is 2.96 bits per heavy atom. The zero-order valence-electron chi connectivity index (χ0n) is 14.0. The minimum absolute atomic E-state index is 0.399. The molecule has 0 aliphatic carbocycles. The molecular weight excluding hydrogens is 316 g/mol.